The van der Waals surface area contributed by atoms with Crippen LogP contribution in [0.2, 0.25) is 0 Å². The number of aliphatic hydroxyl groups excluding tert-OH is 1. The van der Waals surface area contributed by atoms with Crippen LogP contribution in [-0.2, 0) is 11.0 Å². The van der Waals surface area contributed by atoms with E-state index in [1.54, 1.807) is 7.05 Å². The Morgan fingerprint density at radius 1 is 1.32 bits per heavy atom. The number of carbonyl (C=O) groups is 1. The molecule has 0 aliphatic heterocycles. The van der Waals surface area contributed by atoms with Gasteiger partial charge in [0.1, 0.15) is 5.82 Å². The molecular weight excluding hydrogens is 337 g/mol. The molecule has 0 aliphatic carbocycles. The highest BCUT2D eigenvalue weighted by molar-refractivity contribution is 5.80. The Labute approximate surface area is 142 Å². The molecule has 134 valence electrons. The highest BCUT2D eigenvalue weighted by Gasteiger charge is 2.34. The smallest absolute Gasteiger partial charge is 0.387 e. The van der Waals surface area contributed by atoms with Crippen molar-refractivity contribution in [3.8, 4) is 0 Å². The Kier molecular flexibility index (Phi) is 5.92. The minimum absolute atomic E-state index is 0.0771. The summed E-state index contributed by atoms with van der Waals surface area (Å²) in [6.07, 6.45) is -1.60. The third-order valence-electron chi connectivity index (χ3n) is 3.44. The zero-order valence-corrected chi connectivity index (χ0v) is 13.4. The maximum atomic E-state index is 12.9. The molecule has 0 radical (unpaired) electrons. The lowest BCUT2D eigenvalue weighted by atomic mass is 10.0. The molecule has 0 bridgehead atoms. The largest absolute Gasteiger partial charge is 0.416 e. The van der Waals surface area contributed by atoms with E-state index in [-0.39, 0.29) is 18.7 Å². The van der Waals surface area contributed by atoms with Gasteiger partial charge in [0, 0.05) is 26.0 Å². The minimum atomic E-state index is -4.58. The average Bonchev–Trinajstić information content (AvgIpc) is 2.59. The molecule has 2 aromatic rings. The van der Waals surface area contributed by atoms with Gasteiger partial charge in [-0.15, -0.1) is 0 Å². The van der Waals surface area contributed by atoms with Gasteiger partial charge in [-0.3, -0.25) is 9.78 Å². The maximum Gasteiger partial charge on any atom is 0.416 e. The van der Waals surface area contributed by atoms with E-state index in [1.807, 2.05) is 0 Å². The van der Waals surface area contributed by atoms with Gasteiger partial charge in [0.05, 0.1) is 24.4 Å². The number of halogens is 3. The van der Waals surface area contributed by atoms with Crippen LogP contribution < -0.4 is 10.2 Å². The van der Waals surface area contributed by atoms with Gasteiger partial charge < -0.3 is 15.3 Å². The second-order valence-electron chi connectivity index (χ2n) is 5.32. The maximum absolute atomic E-state index is 12.9. The van der Waals surface area contributed by atoms with Gasteiger partial charge in [0.15, 0.2) is 0 Å². The van der Waals surface area contributed by atoms with E-state index in [1.165, 1.54) is 41.7 Å². The van der Waals surface area contributed by atoms with E-state index in [0.29, 0.717) is 5.82 Å². The Hall–Kier alpha value is -2.68. The van der Waals surface area contributed by atoms with Crippen molar-refractivity contribution in [2.45, 2.75) is 12.3 Å². The predicted molar refractivity (Wildman–Crippen MR) is 84.7 cm³/mol. The zero-order chi connectivity index (χ0) is 18.4. The molecular formula is C16H17F3N4O2. The van der Waals surface area contributed by atoms with Gasteiger partial charge in [-0.1, -0.05) is 18.2 Å². The fourth-order valence-corrected chi connectivity index (χ4v) is 2.21. The van der Waals surface area contributed by atoms with Crippen LogP contribution in [0.1, 0.15) is 17.2 Å². The van der Waals surface area contributed by atoms with Gasteiger partial charge in [-0.2, -0.15) is 13.2 Å². The number of carbonyl (C=O) groups excluding carboxylic acids is 1. The number of aromatic nitrogens is 2. The molecule has 1 heterocycles. The molecule has 1 aromatic heterocycles. The first-order valence-corrected chi connectivity index (χ1v) is 7.37. The first-order chi connectivity index (χ1) is 11.8. The Morgan fingerprint density at radius 3 is 2.68 bits per heavy atom. The molecule has 1 atom stereocenters. The van der Waals surface area contributed by atoms with E-state index in [0.717, 1.165) is 6.07 Å². The summed E-state index contributed by atoms with van der Waals surface area (Å²) in [7, 11) is 1.62. The Bertz CT molecular complexity index is 710. The van der Waals surface area contributed by atoms with Crippen LogP contribution in [0.5, 0.6) is 0 Å². The molecule has 25 heavy (non-hydrogen) atoms. The second kappa shape index (κ2) is 7.93. The summed E-state index contributed by atoms with van der Waals surface area (Å²) in [6, 6.07) is 4.72. The lowest BCUT2D eigenvalue weighted by Gasteiger charge is -2.20. The molecule has 6 nitrogen and oxygen atoms in total. The normalized spacial score (nSPS) is 12.5. The summed E-state index contributed by atoms with van der Waals surface area (Å²) in [5, 5.41) is 12.4. The highest BCUT2D eigenvalue weighted by Crippen LogP contribution is 2.34. The van der Waals surface area contributed by atoms with Crippen molar-refractivity contribution in [1.29, 1.82) is 0 Å². The number of benzene rings is 1. The number of aliphatic hydroxyl groups is 1. The quantitative estimate of drug-likeness (QED) is 0.827. The molecule has 0 aliphatic rings. The van der Waals surface area contributed by atoms with Gasteiger partial charge in [0.25, 0.3) is 0 Å². The molecule has 2 N–H and O–H groups in total. The molecule has 1 aromatic carbocycles. The lowest BCUT2D eigenvalue weighted by Crippen LogP contribution is -2.37. The van der Waals surface area contributed by atoms with E-state index >= 15 is 0 Å². The number of nitrogens with one attached hydrogen (secondary N) is 1. The second-order valence-corrected chi connectivity index (χ2v) is 5.32. The van der Waals surface area contributed by atoms with Crippen molar-refractivity contribution in [2.75, 3.05) is 25.0 Å². The Morgan fingerprint density at radius 2 is 2.04 bits per heavy atom. The van der Waals surface area contributed by atoms with E-state index in [2.05, 4.69) is 15.3 Å². The number of alkyl halides is 3. The highest BCUT2D eigenvalue weighted by atomic mass is 19.4. The van der Waals surface area contributed by atoms with Crippen LogP contribution in [0.3, 0.4) is 0 Å². The van der Waals surface area contributed by atoms with E-state index < -0.39 is 23.8 Å². The summed E-state index contributed by atoms with van der Waals surface area (Å²) in [5.41, 5.74) is -1.20. The van der Waals surface area contributed by atoms with Crippen LogP contribution in [0.25, 0.3) is 0 Å². The van der Waals surface area contributed by atoms with Gasteiger partial charge in [-0.25, -0.2) is 4.98 Å². The topological polar surface area (TPSA) is 78.4 Å². The molecule has 9 heteroatoms. The minimum Gasteiger partial charge on any atom is -0.387 e. The monoisotopic (exact) mass is 354 g/mol. The van der Waals surface area contributed by atoms with E-state index in [4.69, 9.17) is 0 Å². The van der Waals surface area contributed by atoms with Crippen molar-refractivity contribution in [3.63, 3.8) is 0 Å². The summed E-state index contributed by atoms with van der Waals surface area (Å²) in [5.74, 6) is 0.0114. The lowest BCUT2D eigenvalue weighted by molar-refractivity contribution is -0.139. The number of likely N-dealkylation sites (N-methyl/N-ethyl adjacent to an activating group) is 1. The van der Waals surface area contributed by atoms with Crippen LogP contribution in [0.15, 0.2) is 42.9 Å². The summed E-state index contributed by atoms with van der Waals surface area (Å²) < 4.78 is 38.8. The van der Waals surface area contributed by atoms with Gasteiger partial charge in [-0.05, 0) is 11.6 Å². The molecule has 1 unspecified atom stereocenters. The standard InChI is InChI=1S/C16H17F3N4O2/c1-23(14-9-20-6-7-21-14)10-15(25)22-8-13(24)11-4-2-3-5-12(11)16(17,18)19/h2-7,9,13,24H,8,10H2,1H3,(H,22,25). The molecule has 0 fully saturated rings. The summed E-state index contributed by atoms with van der Waals surface area (Å²) >= 11 is 0. The predicted octanol–water partition coefficient (Wildman–Crippen LogP) is 1.78. The molecule has 0 saturated heterocycles. The SMILES string of the molecule is CN(CC(=O)NCC(O)c1ccccc1C(F)(F)F)c1cnccn1. The van der Waals surface area contributed by atoms with Crippen LogP contribution in [-0.4, -0.2) is 41.1 Å². The van der Waals surface area contributed by atoms with Crippen molar-refractivity contribution in [1.82, 2.24) is 15.3 Å². The molecule has 1 amide bonds. The Balaban J connectivity index is 1.94. The fourth-order valence-electron chi connectivity index (χ4n) is 2.21. The number of rotatable bonds is 6. The summed E-state index contributed by atoms with van der Waals surface area (Å²) in [6.45, 7) is -0.410. The number of amides is 1. The zero-order valence-electron chi connectivity index (χ0n) is 13.4. The van der Waals surface area contributed by atoms with E-state index in [9.17, 15) is 23.1 Å². The van der Waals surface area contributed by atoms with Crippen molar-refractivity contribution < 1.29 is 23.1 Å². The summed E-state index contributed by atoms with van der Waals surface area (Å²) in [4.78, 5) is 21.3. The molecule has 0 spiro atoms. The average molecular weight is 354 g/mol. The number of nitrogens with zero attached hydrogens (tertiary/aromatic N) is 3. The van der Waals surface area contributed by atoms with Crippen molar-refractivity contribution in [3.05, 3.63) is 54.0 Å². The molecule has 0 saturated carbocycles. The fraction of sp³-hybridized carbons (Fsp3) is 0.312. The first-order valence-electron chi connectivity index (χ1n) is 7.37. The third kappa shape index (κ3) is 5.15. The van der Waals surface area contributed by atoms with Gasteiger partial charge >= 0.3 is 6.18 Å². The first kappa shape index (κ1) is 18.7. The van der Waals surface area contributed by atoms with Crippen molar-refractivity contribution in [2.24, 2.45) is 0 Å². The molecule has 2 rings (SSSR count). The van der Waals surface area contributed by atoms with Crippen LogP contribution in [0.4, 0.5) is 19.0 Å². The van der Waals surface area contributed by atoms with Gasteiger partial charge in [0.2, 0.25) is 5.91 Å². The number of hydrogen-bond acceptors (Lipinski definition) is 5. The van der Waals surface area contributed by atoms with Crippen LogP contribution in [0, 0.1) is 0 Å². The van der Waals surface area contributed by atoms with Crippen molar-refractivity contribution >= 4 is 11.7 Å². The van der Waals surface area contributed by atoms with Crippen LogP contribution >= 0.6 is 0 Å². The number of anilines is 1. The number of hydrogen-bond donors (Lipinski definition) is 2. The third-order valence-corrected chi connectivity index (χ3v) is 3.44.